The first kappa shape index (κ1) is 24.2. The molecular weight excluding hydrogens is 488 g/mol. The van der Waals surface area contributed by atoms with Gasteiger partial charge in [-0.15, -0.1) is 15.7 Å². The highest BCUT2D eigenvalue weighted by Gasteiger charge is 2.46. The predicted octanol–water partition coefficient (Wildman–Crippen LogP) is 2.18. The van der Waals surface area contributed by atoms with E-state index in [-0.39, 0.29) is 51.1 Å². The molecule has 3 aliphatic rings. The van der Waals surface area contributed by atoms with Crippen LogP contribution in [0.4, 0.5) is 5.00 Å². The number of rotatable bonds is 7. The summed E-state index contributed by atoms with van der Waals surface area (Å²) in [5, 5.41) is 15.7. The minimum Gasteiger partial charge on any atom is -0.511 e. The summed E-state index contributed by atoms with van der Waals surface area (Å²) in [5.41, 5.74) is 0.165. The molecule has 0 aromatic carbocycles. The van der Waals surface area contributed by atoms with Gasteiger partial charge in [-0.3, -0.25) is 4.79 Å². The van der Waals surface area contributed by atoms with Gasteiger partial charge in [-0.05, 0) is 30.6 Å². The van der Waals surface area contributed by atoms with Crippen LogP contribution in [0.2, 0.25) is 0 Å². The number of sulfonamides is 2. The Kier molecular flexibility index (Phi) is 6.35. The lowest BCUT2D eigenvalue weighted by Crippen LogP contribution is -2.50. The molecule has 0 spiro atoms. The Labute approximate surface area is 197 Å². The summed E-state index contributed by atoms with van der Waals surface area (Å²) in [6.45, 7) is 4.47. The van der Waals surface area contributed by atoms with Gasteiger partial charge >= 0.3 is 0 Å². The molecule has 33 heavy (non-hydrogen) atoms. The first-order chi connectivity index (χ1) is 15.4. The molecule has 1 amide bonds. The van der Waals surface area contributed by atoms with Gasteiger partial charge in [-0.25, -0.2) is 13.1 Å². The van der Waals surface area contributed by atoms with Gasteiger partial charge in [0.25, 0.3) is 15.9 Å². The number of fused-ring (bicyclic) bond motifs is 2. The summed E-state index contributed by atoms with van der Waals surface area (Å²) in [5.74, 6) is -0.565. The van der Waals surface area contributed by atoms with E-state index in [0.717, 1.165) is 43.3 Å². The molecule has 0 bridgehead atoms. The second kappa shape index (κ2) is 8.67. The van der Waals surface area contributed by atoms with E-state index >= 15 is 0 Å². The van der Waals surface area contributed by atoms with Crippen LogP contribution < -0.4 is 10.0 Å². The minimum absolute atomic E-state index is 0.0910. The molecule has 10 nitrogen and oxygen atoms in total. The van der Waals surface area contributed by atoms with Crippen molar-refractivity contribution in [3.05, 3.63) is 22.3 Å². The molecule has 1 aromatic rings. The van der Waals surface area contributed by atoms with Crippen molar-refractivity contribution in [2.75, 3.05) is 18.1 Å². The molecule has 0 radical (unpaired) electrons. The third-order valence-electron chi connectivity index (χ3n) is 6.19. The van der Waals surface area contributed by atoms with E-state index in [1.54, 1.807) is 4.90 Å². The Hall–Kier alpha value is -1.96. The Morgan fingerprint density at radius 1 is 1.36 bits per heavy atom. The second-order valence-corrected chi connectivity index (χ2v) is 13.4. The van der Waals surface area contributed by atoms with E-state index in [2.05, 4.69) is 28.3 Å². The number of amides is 1. The normalized spacial score (nSPS) is 24.5. The third kappa shape index (κ3) is 4.68. The lowest BCUT2D eigenvalue weighted by atomic mass is 9.89. The molecule has 4 rings (SSSR count). The summed E-state index contributed by atoms with van der Waals surface area (Å²) >= 11 is 1.07. The van der Waals surface area contributed by atoms with E-state index < -0.39 is 26.0 Å². The van der Waals surface area contributed by atoms with Gasteiger partial charge in [-0.2, -0.15) is 8.42 Å². The number of nitrogens with zero attached hydrogens (tertiary/aromatic N) is 2. The molecule has 0 unspecified atom stereocenters. The van der Waals surface area contributed by atoms with Gasteiger partial charge in [0, 0.05) is 30.6 Å². The largest absolute Gasteiger partial charge is 0.511 e. The van der Waals surface area contributed by atoms with Crippen LogP contribution in [-0.4, -0.2) is 57.4 Å². The standard InChI is InChI=1S/C20H28N4O6S3/c1-11(2)7-8-24-14-6-4-5-13(14)16(25)15(20(24)26)18-22-19-17(33(29,30)23-18)12(10-31-19)9-21-32(3,27)28/h10-11,13-14,21,25H,4-9H2,1-3H3,(H,22,23)/t13-,14+/m1/s1. The fourth-order valence-corrected chi connectivity index (χ4v) is 7.62. The lowest BCUT2D eigenvalue weighted by Gasteiger charge is -2.39. The monoisotopic (exact) mass is 516 g/mol. The fourth-order valence-electron chi connectivity index (χ4n) is 4.60. The molecule has 1 aromatic heterocycles. The zero-order chi connectivity index (χ0) is 24.1. The fraction of sp³-hybridized carbons (Fsp3) is 0.600. The average Bonchev–Trinajstić information content (AvgIpc) is 3.33. The molecule has 0 saturated heterocycles. The predicted molar refractivity (Wildman–Crippen MR) is 126 cm³/mol. The highest BCUT2D eigenvalue weighted by Crippen LogP contribution is 2.42. The number of aliphatic hydroxyl groups is 1. The molecule has 1 saturated carbocycles. The molecule has 3 N–H and O–H groups in total. The number of carbonyl (C=O) groups excluding carboxylic acids is 1. The number of anilines is 1. The van der Waals surface area contributed by atoms with Crippen LogP contribution in [-0.2, 0) is 31.4 Å². The highest BCUT2D eigenvalue weighted by atomic mass is 32.2. The second-order valence-electron chi connectivity index (χ2n) is 9.10. The lowest BCUT2D eigenvalue weighted by molar-refractivity contribution is -0.131. The summed E-state index contributed by atoms with van der Waals surface area (Å²) in [6.07, 6.45) is 4.18. The number of aliphatic hydroxyl groups excluding tert-OH is 1. The van der Waals surface area contributed by atoms with Crippen molar-refractivity contribution in [1.82, 2.24) is 9.62 Å². The number of nitrogens with one attached hydrogen (secondary N) is 2. The first-order valence-electron chi connectivity index (χ1n) is 10.8. The average molecular weight is 517 g/mol. The maximum atomic E-state index is 13.5. The van der Waals surface area contributed by atoms with Crippen molar-refractivity contribution in [1.29, 1.82) is 0 Å². The van der Waals surface area contributed by atoms with Crippen molar-refractivity contribution in [2.24, 2.45) is 16.2 Å². The maximum Gasteiger partial charge on any atom is 0.287 e. The summed E-state index contributed by atoms with van der Waals surface area (Å²) in [7, 11) is -7.74. The van der Waals surface area contributed by atoms with E-state index in [4.69, 9.17) is 0 Å². The number of amidine groups is 1. The number of thiophene rings is 1. The SMILES string of the molecule is CC(C)CCN1C(=O)C(C2=NS(=O)(=O)c3c(CNS(C)(=O)=O)csc3N2)=C(O)[C@@H]2CCC[C@@H]21. The van der Waals surface area contributed by atoms with Gasteiger partial charge in [0.2, 0.25) is 10.0 Å². The zero-order valence-corrected chi connectivity index (χ0v) is 21.1. The van der Waals surface area contributed by atoms with Crippen molar-refractivity contribution in [3.63, 3.8) is 0 Å². The van der Waals surface area contributed by atoms with Crippen molar-refractivity contribution >= 4 is 48.1 Å². The zero-order valence-electron chi connectivity index (χ0n) is 18.7. The number of hydrogen-bond acceptors (Lipinski definition) is 8. The van der Waals surface area contributed by atoms with E-state index in [9.17, 15) is 26.7 Å². The maximum absolute atomic E-state index is 13.5. The van der Waals surface area contributed by atoms with Gasteiger partial charge in [-0.1, -0.05) is 20.3 Å². The number of hydrogen-bond donors (Lipinski definition) is 3. The van der Waals surface area contributed by atoms with Crippen LogP contribution in [0.1, 0.15) is 45.1 Å². The van der Waals surface area contributed by atoms with Crippen molar-refractivity contribution in [3.8, 4) is 0 Å². The molecule has 1 fully saturated rings. The molecular formula is C20H28N4O6S3. The van der Waals surface area contributed by atoms with E-state index in [0.29, 0.717) is 12.5 Å². The van der Waals surface area contributed by atoms with Crippen LogP contribution in [0.5, 0.6) is 0 Å². The van der Waals surface area contributed by atoms with Crippen LogP contribution in [0, 0.1) is 11.8 Å². The van der Waals surface area contributed by atoms with Crippen LogP contribution in [0.25, 0.3) is 0 Å². The molecule has 2 atom stereocenters. The Bertz CT molecular complexity index is 1250. The Morgan fingerprint density at radius 3 is 2.76 bits per heavy atom. The number of carbonyl (C=O) groups is 1. The molecule has 1 aliphatic carbocycles. The Morgan fingerprint density at radius 2 is 2.09 bits per heavy atom. The van der Waals surface area contributed by atoms with Gasteiger partial charge in [0.15, 0.2) is 5.84 Å². The van der Waals surface area contributed by atoms with Crippen LogP contribution in [0.15, 0.2) is 26.0 Å². The summed E-state index contributed by atoms with van der Waals surface area (Å²) < 4.78 is 55.1. The summed E-state index contributed by atoms with van der Waals surface area (Å²) in [6, 6.07) is -0.0910. The Balaban J connectivity index is 1.70. The molecule has 182 valence electrons. The topological polar surface area (TPSA) is 145 Å². The quantitative estimate of drug-likeness (QED) is 0.503. The van der Waals surface area contributed by atoms with Crippen LogP contribution in [0.3, 0.4) is 0 Å². The summed E-state index contributed by atoms with van der Waals surface area (Å²) in [4.78, 5) is 15.1. The van der Waals surface area contributed by atoms with Gasteiger partial charge in [0.1, 0.15) is 21.2 Å². The van der Waals surface area contributed by atoms with Crippen molar-refractivity contribution < 1.29 is 26.7 Å². The third-order valence-corrected chi connectivity index (χ3v) is 9.34. The van der Waals surface area contributed by atoms with E-state index in [1.165, 1.54) is 5.38 Å². The van der Waals surface area contributed by atoms with Gasteiger partial charge < -0.3 is 15.3 Å². The minimum atomic E-state index is -4.22. The van der Waals surface area contributed by atoms with Crippen molar-refractivity contribution in [2.45, 2.75) is 57.0 Å². The first-order valence-corrected chi connectivity index (χ1v) is 15.0. The molecule has 3 heterocycles. The molecule has 2 aliphatic heterocycles. The highest BCUT2D eigenvalue weighted by molar-refractivity contribution is 7.91. The van der Waals surface area contributed by atoms with E-state index in [1.807, 2.05) is 0 Å². The van der Waals surface area contributed by atoms with Crippen LogP contribution >= 0.6 is 11.3 Å². The molecule has 13 heteroatoms. The van der Waals surface area contributed by atoms with Gasteiger partial charge in [0.05, 0.1) is 6.26 Å². The smallest absolute Gasteiger partial charge is 0.287 e.